The van der Waals surface area contributed by atoms with Crippen LogP contribution in [0.25, 0.3) is 0 Å². The number of nitrogens with one attached hydrogen (secondary N) is 2. The van der Waals surface area contributed by atoms with Crippen LogP contribution in [0.15, 0.2) is 69.5 Å². The summed E-state index contributed by atoms with van der Waals surface area (Å²) in [6.07, 6.45) is 0.942. The van der Waals surface area contributed by atoms with E-state index in [2.05, 4.69) is 42.5 Å². The first-order valence-corrected chi connectivity index (χ1v) is 8.43. The van der Waals surface area contributed by atoms with E-state index in [0.29, 0.717) is 18.9 Å². The van der Waals surface area contributed by atoms with Gasteiger partial charge in [0.15, 0.2) is 5.82 Å². The largest absolute Gasteiger partial charge is 0.363 e. The molecular weight excluding hydrogens is 426 g/mol. The van der Waals surface area contributed by atoms with E-state index in [1.54, 1.807) is 0 Å². The van der Waals surface area contributed by atoms with E-state index < -0.39 is 4.92 Å². The van der Waals surface area contributed by atoms with Gasteiger partial charge in [-0.25, -0.2) is 0 Å². The standard InChI is InChI=1S/C16H15Br2N3O2/c17-14-5-1-12(2-6-14)9-19-16(11-21(22)23)20-10-13-3-7-15(18)8-4-13/h1-8,11,19-20H,9-10H2. The second-order valence-corrected chi connectivity index (χ2v) is 6.62. The van der Waals surface area contributed by atoms with E-state index in [0.717, 1.165) is 26.3 Å². The molecule has 0 saturated heterocycles. The van der Waals surface area contributed by atoms with Gasteiger partial charge >= 0.3 is 0 Å². The van der Waals surface area contributed by atoms with Gasteiger partial charge in [0.1, 0.15) is 0 Å². The molecule has 0 spiro atoms. The molecule has 5 nitrogen and oxygen atoms in total. The zero-order valence-corrected chi connectivity index (χ0v) is 15.3. The molecule has 2 aromatic rings. The number of hydrogen-bond donors (Lipinski definition) is 2. The summed E-state index contributed by atoms with van der Waals surface area (Å²) in [6, 6.07) is 15.6. The summed E-state index contributed by atoms with van der Waals surface area (Å²) >= 11 is 6.75. The van der Waals surface area contributed by atoms with Crippen LogP contribution in [-0.2, 0) is 13.1 Å². The SMILES string of the molecule is O=[N+]([O-])C=C(NCc1ccc(Br)cc1)NCc1ccc(Br)cc1. The van der Waals surface area contributed by atoms with E-state index in [4.69, 9.17) is 0 Å². The molecule has 7 heteroatoms. The molecule has 0 unspecified atom stereocenters. The van der Waals surface area contributed by atoms with E-state index in [9.17, 15) is 10.1 Å². The molecule has 0 saturated carbocycles. The van der Waals surface area contributed by atoms with Crippen LogP contribution < -0.4 is 10.6 Å². The molecule has 0 bridgehead atoms. The highest BCUT2D eigenvalue weighted by Gasteiger charge is 2.03. The van der Waals surface area contributed by atoms with Gasteiger partial charge in [-0.3, -0.25) is 10.1 Å². The zero-order valence-electron chi connectivity index (χ0n) is 12.1. The first-order chi connectivity index (χ1) is 11.0. The Hall–Kier alpha value is -1.86. The lowest BCUT2D eigenvalue weighted by Crippen LogP contribution is -2.26. The lowest BCUT2D eigenvalue weighted by atomic mass is 10.2. The fraction of sp³-hybridized carbons (Fsp3) is 0.125. The van der Waals surface area contributed by atoms with E-state index in [1.807, 2.05) is 48.5 Å². The van der Waals surface area contributed by atoms with Gasteiger partial charge in [0.2, 0.25) is 0 Å². The van der Waals surface area contributed by atoms with Crippen molar-refractivity contribution in [3.63, 3.8) is 0 Å². The first-order valence-electron chi connectivity index (χ1n) is 6.85. The number of hydrogen-bond acceptors (Lipinski definition) is 4. The molecule has 0 radical (unpaired) electrons. The Morgan fingerprint density at radius 3 is 1.65 bits per heavy atom. The average molecular weight is 441 g/mol. The third-order valence-electron chi connectivity index (χ3n) is 3.03. The van der Waals surface area contributed by atoms with Gasteiger partial charge in [0, 0.05) is 22.0 Å². The highest BCUT2D eigenvalue weighted by atomic mass is 79.9. The molecule has 0 aliphatic heterocycles. The molecule has 0 atom stereocenters. The molecule has 2 aromatic carbocycles. The number of nitro groups is 1. The minimum atomic E-state index is -0.474. The Morgan fingerprint density at radius 2 is 1.30 bits per heavy atom. The second kappa shape index (κ2) is 8.69. The minimum absolute atomic E-state index is 0.376. The first kappa shape index (κ1) is 17.5. The normalized spacial score (nSPS) is 10.0. The van der Waals surface area contributed by atoms with Crippen LogP contribution in [0.5, 0.6) is 0 Å². The van der Waals surface area contributed by atoms with E-state index in [-0.39, 0.29) is 0 Å². The summed E-state index contributed by atoms with van der Waals surface area (Å²) < 4.78 is 1.99. The van der Waals surface area contributed by atoms with Gasteiger partial charge in [-0.2, -0.15) is 0 Å². The number of nitrogens with zero attached hydrogens (tertiary/aromatic N) is 1. The van der Waals surface area contributed by atoms with Crippen LogP contribution in [0.1, 0.15) is 11.1 Å². The van der Waals surface area contributed by atoms with Gasteiger partial charge in [-0.05, 0) is 35.4 Å². The highest BCUT2D eigenvalue weighted by Crippen LogP contribution is 2.11. The van der Waals surface area contributed by atoms with Crippen LogP contribution in [0, 0.1) is 10.1 Å². The van der Waals surface area contributed by atoms with Crippen molar-refractivity contribution < 1.29 is 4.92 Å². The molecule has 2 rings (SSSR count). The van der Waals surface area contributed by atoms with Crippen molar-refractivity contribution in [1.82, 2.24) is 10.6 Å². The summed E-state index contributed by atoms with van der Waals surface area (Å²) in [5.74, 6) is 0.376. The fourth-order valence-corrected chi connectivity index (χ4v) is 2.39. The van der Waals surface area contributed by atoms with Crippen molar-refractivity contribution in [2.24, 2.45) is 0 Å². The van der Waals surface area contributed by atoms with Crippen LogP contribution >= 0.6 is 31.9 Å². The Morgan fingerprint density at radius 1 is 0.913 bits per heavy atom. The van der Waals surface area contributed by atoms with Crippen molar-refractivity contribution >= 4 is 31.9 Å². The number of halogens is 2. The van der Waals surface area contributed by atoms with E-state index in [1.165, 1.54) is 0 Å². The summed E-state index contributed by atoms with van der Waals surface area (Å²) in [7, 11) is 0. The third-order valence-corrected chi connectivity index (χ3v) is 4.08. The van der Waals surface area contributed by atoms with Crippen molar-refractivity contribution in [2.45, 2.75) is 13.1 Å². The van der Waals surface area contributed by atoms with Crippen LogP contribution in [0.4, 0.5) is 0 Å². The maximum atomic E-state index is 10.8. The van der Waals surface area contributed by atoms with Crippen molar-refractivity contribution in [3.8, 4) is 0 Å². The molecule has 0 aliphatic rings. The van der Waals surface area contributed by atoms with Gasteiger partial charge < -0.3 is 10.6 Å². The molecule has 0 amide bonds. The Kier molecular flexibility index (Phi) is 6.61. The summed E-state index contributed by atoms with van der Waals surface area (Å²) in [6.45, 7) is 1.00. The quantitative estimate of drug-likeness (QED) is 0.500. The average Bonchev–Trinajstić information content (AvgIpc) is 2.52. The third kappa shape index (κ3) is 6.42. The molecule has 2 N–H and O–H groups in total. The van der Waals surface area contributed by atoms with Crippen molar-refractivity contribution in [1.29, 1.82) is 0 Å². The number of rotatable bonds is 7. The lowest BCUT2D eigenvalue weighted by molar-refractivity contribution is -0.404. The molecule has 0 aliphatic carbocycles. The maximum absolute atomic E-state index is 10.8. The van der Waals surface area contributed by atoms with Crippen molar-refractivity contribution in [3.05, 3.63) is 90.7 Å². The summed E-state index contributed by atoms with van der Waals surface area (Å²) in [5, 5.41) is 16.9. The van der Waals surface area contributed by atoms with E-state index >= 15 is 0 Å². The number of benzene rings is 2. The highest BCUT2D eigenvalue weighted by molar-refractivity contribution is 9.10. The van der Waals surface area contributed by atoms with Crippen LogP contribution in [0.2, 0.25) is 0 Å². The zero-order chi connectivity index (χ0) is 16.7. The van der Waals surface area contributed by atoms with Gasteiger partial charge in [-0.15, -0.1) is 0 Å². The predicted molar refractivity (Wildman–Crippen MR) is 97.0 cm³/mol. The molecular formula is C16H15Br2N3O2. The van der Waals surface area contributed by atoms with Gasteiger partial charge in [0.25, 0.3) is 6.20 Å². The molecule has 0 aromatic heterocycles. The van der Waals surface area contributed by atoms with Gasteiger partial charge in [-0.1, -0.05) is 56.1 Å². The lowest BCUT2D eigenvalue weighted by Gasteiger charge is -2.12. The Balaban J connectivity index is 1.95. The van der Waals surface area contributed by atoms with Crippen LogP contribution in [-0.4, -0.2) is 4.92 Å². The monoisotopic (exact) mass is 439 g/mol. The Labute approximate surface area is 151 Å². The molecule has 23 heavy (non-hydrogen) atoms. The van der Waals surface area contributed by atoms with Gasteiger partial charge in [0.05, 0.1) is 4.92 Å². The summed E-state index contributed by atoms with van der Waals surface area (Å²) in [5.41, 5.74) is 2.07. The predicted octanol–water partition coefficient (Wildman–Crippen LogP) is 4.17. The molecule has 0 heterocycles. The minimum Gasteiger partial charge on any atom is -0.363 e. The molecule has 120 valence electrons. The van der Waals surface area contributed by atoms with Crippen molar-refractivity contribution in [2.75, 3.05) is 0 Å². The summed E-state index contributed by atoms with van der Waals surface area (Å²) in [4.78, 5) is 10.3. The smallest absolute Gasteiger partial charge is 0.274 e. The van der Waals surface area contributed by atoms with Crippen LogP contribution in [0.3, 0.4) is 0 Å². The maximum Gasteiger partial charge on any atom is 0.274 e. The Bertz CT molecular complexity index is 634. The fourth-order valence-electron chi connectivity index (χ4n) is 1.86. The topological polar surface area (TPSA) is 67.2 Å². The molecule has 0 fully saturated rings. The second-order valence-electron chi connectivity index (χ2n) is 4.79.